The van der Waals surface area contributed by atoms with Gasteiger partial charge in [0.05, 0.1) is 0 Å². The summed E-state index contributed by atoms with van der Waals surface area (Å²) >= 11 is 3.82. The molecular weight excluding hydrogens is 264 g/mol. The van der Waals surface area contributed by atoms with E-state index in [1.54, 1.807) is 0 Å². The molecule has 0 heterocycles. The van der Waals surface area contributed by atoms with Crippen molar-refractivity contribution in [1.82, 2.24) is 0 Å². The lowest BCUT2D eigenvalue weighted by atomic mass is 10.2. The summed E-state index contributed by atoms with van der Waals surface area (Å²) < 4.78 is 0. The van der Waals surface area contributed by atoms with Gasteiger partial charge in [0.25, 0.3) is 0 Å². The van der Waals surface area contributed by atoms with Crippen molar-refractivity contribution < 1.29 is 0 Å². The van der Waals surface area contributed by atoms with Crippen LogP contribution in [0.25, 0.3) is 0 Å². The van der Waals surface area contributed by atoms with Crippen LogP contribution in [0.4, 0.5) is 0 Å². The Morgan fingerprint density at radius 3 is 2.67 bits per heavy atom. The average Bonchev–Trinajstić information content (AvgIpc) is 2.26. The zero-order valence-corrected chi connectivity index (χ0v) is 12.1. The van der Waals surface area contributed by atoms with Crippen LogP contribution in [0.15, 0.2) is 42.1 Å². The quantitative estimate of drug-likeness (QED) is 0.417. The Balaban J connectivity index is 2.30. The highest BCUT2D eigenvalue weighted by Gasteiger charge is 2.02. The molecule has 2 heteroatoms. The normalized spacial score (nSPS) is 13.2. The lowest BCUT2D eigenvalue weighted by Crippen LogP contribution is -2.04. The molecule has 1 rings (SSSR count). The number of unbranched alkanes of at least 4 members (excludes halogenated alkanes) is 2. The predicted octanol–water partition coefficient (Wildman–Crippen LogP) is 4.17. The molecule has 0 radical (unpaired) electrons. The Hall–Kier alpha value is -0.343. The maximum atomic E-state index is 3.82. The Labute approximate surface area is 103 Å². The second-order valence-corrected chi connectivity index (χ2v) is 9.13. The fraction of sp³-hybridized carbons (Fsp3) is 0.385. The minimum Gasteiger partial charge on any atom is -0.125 e. The first kappa shape index (κ1) is 12.7. The second-order valence-electron chi connectivity index (χ2n) is 3.78. The summed E-state index contributed by atoms with van der Waals surface area (Å²) in [5, 5.41) is 0. The van der Waals surface area contributed by atoms with Gasteiger partial charge in [0.2, 0.25) is 0 Å². The predicted molar refractivity (Wildman–Crippen MR) is 74.9 cm³/mol. The van der Waals surface area contributed by atoms with Gasteiger partial charge < -0.3 is 0 Å². The van der Waals surface area contributed by atoms with Crippen molar-refractivity contribution in [2.24, 2.45) is 0 Å². The third-order valence-electron chi connectivity index (χ3n) is 2.34. The highest BCUT2D eigenvalue weighted by Crippen LogP contribution is 2.08. The highest BCUT2D eigenvalue weighted by atomic mass is 79.9. The molecule has 1 aromatic rings. The van der Waals surface area contributed by atoms with Crippen LogP contribution in [0.5, 0.6) is 0 Å². The Kier molecular flexibility index (Phi) is 6.69. The SMILES string of the molecule is CCCCC=C[SiH](Br)Cc1ccccc1. The molecule has 0 nitrogen and oxygen atoms in total. The lowest BCUT2D eigenvalue weighted by molar-refractivity contribution is 0.815. The van der Waals surface area contributed by atoms with Crippen LogP contribution in [0.1, 0.15) is 31.7 Å². The topological polar surface area (TPSA) is 0 Å². The van der Waals surface area contributed by atoms with E-state index in [0.717, 1.165) is 0 Å². The van der Waals surface area contributed by atoms with E-state index in [0.29, 0.717) is 0 Å². The van der Waals surface area contributed by atoms with Gasteiger partial charge in [-0.1, -0.05) is 61.9 Å². The summed E-state index contributed by atoms with van der Waals surface area (Å²) in [7, 11) is -0.839. The van der Waals surface area contributed by atoms with Crippen LogP contribution in [0.2, 0.25) is 0 Å². The van der Waals surface area contributed by atoms with Crippen molar-refractivity contribution in [2.45, 2.75) is 32.2 Å². The fourth-order valence-corrected chi connectivity index (χ4v) is 4.59. The van der Waals surface area contributed by atoms with Crippen LogP contribution in [-0.4, -0.2) is 7.42 Å². The van der Waals surface area contributed by atoms with Crippen molar-refractivity contribution in [2.75, 3.05) is 0 Å². The first-order valence-corrected chi connectivity index (χ1v) is 10.3. The molecule has 1 aromatic carbocycles. The molecule has 15 heavy (non-hydrogen) atoms. The van der Waals surface area contributed by atoms with Crippen molar-refractivity contribution in [1.29, 1.82) is 0 Å². The van der Waals surface area contributed by atoms with Crippen molar-refractivity contribution >= 4 is 22.7 Å². The molecule has 0 aliphatic rings. The number of hydrogen-bond donors (Lipinski definition) is 0. The molecule has 0 fully saturated rings. The molecular formula is C13H19BrSi. The molecule has 82 valence electrons. The lowest BCUT2D eigenvalue weighted by Gasteiger charge is -2.02. The zero-order chi connectivity index (χ0) is 10.9. The van der Waals surface area contributed by atoms with Gasteiger partial charge in [-0.25, -0.2) is 0 Å². The Morgan fingerprint density at radius 1 is 1.27 bits per heavy atom. The first-order chi connectivity index (χ1) is 7.33. The fourth-order valence-electron chi connectivity index (χ4n) is 1.47. The van der Waals surface area contributed by atoms with Gasteiger partial charge in [-0.2, -0.15) is 0 Å². The third-order valence-corrected chi connectivity index (χ3v) is 5.78. The zero-order valence-electron chi connectivity index (χ0n) is 9.33. The van der Waals surface area contributed by atoms with Crippen LogP contribution >= 0.6 is 15.3 Å². The second kappa shape index (κ2) is 7.89. The standard InChI is InChI=1S/C13H19BrSi/c1-2-3-4-8-11-15(14)12-13-9-6-5-7-10-13/h5-11,15H,2-4,12H2,1H3. The number of allylic oxidation sites excluding steroid dienone is 1. The minimum absolute atomic E-state index is 0.839. The number of benzene rings is 1. The van der Waals surface area contributed by atoms with Gasteiger partial charge in [0, 0.05) is 0 Å². The number of hydrogen-bond acceptors (Lipinski definition) is 0. The molecule has 0 saturated carbocycles. The summed E-state index contributed by atoms with van der Waals surface area (Å²) in [5.74, 6) is 0. The summed E-state index contributed by atoms with van der Waals surface area (Å²) in [6.45, 7) is 2.24. The van der Waals surface area contributed by atoms with Crippen LogP contribution in [0, 0.1) is 0 Å². The van der Waals surface area contributed by atoms with E-state index in [4.69, 9.17) is 0 Å². The van der Waals surface area contributed by atoms with E-state index in [1.807, 2.05) is 0 Å². The molecule has 1 unspecified atom stereocenters. The molecule has 0 aromatic heterocycles. The maximum absolute atomic E-state index is 3.82. The molecule has 0 aliphatic carbocycles. The smallest absolute Gasteiger partial charge is 0.125 e. The van der Waals surface area contributed by atoms with E-state index in [2.05, 4.69) is 64.3 Å². The molecule has 0 spiro atoms. The van der Waals surface area contributed by atoms with Crippen LogP contribution in [0.3, 0.4) is 0 Å². The first-order valence-electron chi connectivity index (χ1n) is 5.67. The van der Waals surface area contributed by atoms with Crippen LogP contribution < -0.4 is 0 Å². The third kappa shape index (κ3) is 5.95. The molecule has 0 N–H and O–H groups in total. The average molecular weight is 283 g/mol. The maximum Gasteiger partial charge on any atom is 0.141 e. The van der Waals surface area contributed by atoms with Gasteiger partial charge in [0.15, 0.2) is 0 Å². The van der Waals surface area contributed by atoms with E-state index in [9.17, 15) is 0 Å². The van der Waals surface area contributed by atoms with Gasteiger partial charge in [-0.05, 0) is 18.0 Å². The highest BCUT2D eigenvalue weighted by molar-refractivity contribution is 9.24. The molecule has 0 bridgehead atoms. The van der Waals surface area contributed by atoms with Crippen molar-refractivity contribution in [3.8, 4) is 0 Å². The molecule has 0 amide bonds. The van der Waals surface area contributed by atoms with Gasteiger partial charge >= 0.3 is 0 Å². The summed E-state index contributed by atoms with van der Waals surface area (Å²) in [4.78, 5) is 0. The number of halogens is 1. The molecule has 0 saturated heterocycles. The van der Waals surface area contributed by atoms with Crippen molar-refractivity contribution in [3.05, 3.63) is 47.7 Å². The summed E-state index contributed by atoms with van der Waals surface area (Å²) in [6.07, 6.45) is 6.19. The number of rotatable bonds is 6. The van der Waals surface area contributed by atoms with Gasteiger partial charge in [-0.15, -0.1) is 15.3 Å². The monoisotopic (exact) mass is 282 g/mol. The molecule has 0 aliphatic heterocycles. The van der Waals surface area contributed by atoms with Gasteiger partial charge in [-0.3, -0.25) is 0 Å². The largest absolute Gasteiger partial charge is 0.141 e. The van der Waals surface area contributed by atoms with E-state index in [1.165, 1.54) is 30.9 Å². The summed E-state index contributed by atoms with van der Waals surface area (Å²) in [6, 6.07) is 11.9. The Bertz CT molecular complexity index is 282. The molecule has 1 atom stereocenters. The van der Waals surface area contributed by atoms with E-state index >= 15 is 0 Å². The summed E-state index contributed by atoms with van der Waals surface area (Å²) in [5.41, 5.74) is 3.86. The van der Waals surface area contributed by atoms with Crippen LogP contribution in [-0.2, 0) is 6.04 Å². The van der Waals surface area contributed by atoms with Crippen molar-refractivity contribution in [3.63, 3.8) is 0 Å². The van der Waals surface area contributed by atoms with Gasteiger partial charge in [0.1, 0.15) is 7.42 Å². The van der Waals surface area contributed by atoms with E-state index in [-0.39, 0.29) is 0 Å². The Morgan fingerprint density at radius 2 is 2.00 bits per heavy atom. The van der Waals surface area contributed by atoms with E-state index < -0.39 is 7.42 Å². The minimum atomic E-state index is -0.839.